The van der Waals surface area contributed by atoms with Gasteiger partial charge in [0.15, 0.2) is 0 Å². The molecule has 2 nitrogen and oxygen atoms in total. The Kier molecular flexibility index (Phi) is 26.7. The zero-order chi connectivity index (χ0) is 11.3. The van der Waals surface area contributed by atoms with Gasteiger partial charge in [-0.2, -0.15) is 0 Å². The minimum absolute atomic E-state index is 0.306. The van der Waals surface area contributed by atoms with E-state index in [9.17, 15) is 0 Å². The third kappa shape index (κ3) is 46.0. The summed E-state index contributed by atoms with van der Waals surface area (Å²) < 4.78 is 4.80. The molecule has 0 saturated heterocycles. The number of alkyl halides is 1. The fourth-order valence-corrected chi connectivity index (χ4v) is 0.333. The topological polar surface area (TPSA) is 29.5 Å². The third-order valence-electron chi connectivity index (χ3n) is 0.865. The molecule has 13 heavy (non-hydrogen) atoms. The van der Waals surface area contributed by atoms with Gasteiger partial charge in [-0.3, -0.25) is 0 Å². The molecule has 0 aromatic heterocycles. The molecule has 0 aromatic carbocycles. The number of methoxy groups -OCH3 is 1. The third-order valence-corrected chi connectivity index (χ3v) is 0.865. The SMILES string of the molecule is CBr.CC(C)CO.COCC(C)C. The molecule has 0 spiro atoms. The lowest BCUT2D eigenvalue weighted by molar-refractivity contribution is 0.167. The zero-order valence-corrected chi connectivity index (χ0v) is 11.4. The Hall–Kier alpha value is 0.400. The van der Waals surface area contributed by atoms with E-state index < -0.39 is 0 Å². The minimum Gasteiger partial charge on any atom is -0.396 e. The van der Waals surface area contributed by atoms with Crippen LogP contribution in [0.15, 0.2) is 0 Å². The van der Waals surface area contributed by atoms with E-state index in [4.69, 9.17) is 9.84 Å². The molecule has 3 heteroatoms. The molecule has 0 unspecified atom stereocenters. The highest BCUT2D eigenvalue weighted by molar-refractivity contribution is 9.08. The van der Waals surface area contributed by atoms with E-state index in [0.717, 1.165) is 6.61 Å². The van der Waals surface area contributed by atoms with Crippen LogP contribution in [0.4, 0.5) is 0 Å². The predicted octanol–water partition coefficient (Wildman–Crippen LogP) is 2.93. The minimum atomic E-state index is 0.306. The summed E-state index contributed by atoms with van der Waals surface area (Å²) in [5.41, 5.74) is 0. The summed E-state index contributed by atoms with van der Waals surface area (Å²) >= 11 is 2.94. The van der Waals surface area contributed by atoms with Crippen molar-refractivity contribution in [1.82, 2.24) is 0 Å². The van der Waals surface area contributed by atoms with E-state index >= 15 is 0 Å². The second-order valence-corrected chi connectivity index (χ2v) is 3.43. The molecule has 1 N–H and O–H groups in total. The molecule has 0 rings (SSSR count). The Balaban J connectivity index is -0.000000131. The van der Waals surface area contributed by atoms with Gasteiger partial charge in [-0.05, 0) is 17.7 Å². The lowest BCUT2D eigenvalue weighted by atomic mass is 10.2. The second kappa shape index (κ2) is 18.2. The van der Waals surface area contributed by atoms with Crippen LogP contribution in [-0.4, -0.2) is 31.3 Å². The van der Waals surface area contributed by atoms with Crippen molar-refractivity contribution in [3.8, 4) is 0 Å². The highest BCUT2D eigenvalue weighted by Gasteiger charge is 1.85. The average Bonchev–Trinajstić information content (AvgIpc) is 2.09. The highest BCUT2D eigenvalue weighted by Crippen LogP contribution is 1.88. The number of halogens is 1. The Labute approximate surface area is 91.8 Å². The van der Waals surface area contributed by atoms with E-state index in [1.54, 1.807) is 7.11 Å². The Bertz CT molecular complexity index is 65.9. The molecule has 0 bridgehead atoms. The van der Waals surface area contributed by atoms with Gasteiger partial charge in [0.2, 0.25) is 0 Å². The van der Waals surface area contributed by atoms with Gasteiger partial charge in [0, 0.05) is 20.3 Å². The van der Waals surface area contributed by atoms with E-state index in [0.29, 0.717) is 18.4 Å². The van der Waals surface area contributed by atoms with Crippen molar-refractivity contribution in [2.24, 2.45) is 11.8 Å². The number of hydrogen-bond donors (Lipinski definition) is 1. The summed E-state index contributed by atoms with van der Waals surface area (Å²) in [5, 5.41) is 8.14. The molecule has 0 saturated carbocycles. The van der Waals surface area contributed by atoms with Gasteiger partial charge < -0.3 is 9.84 Å². The van der Waals surface area contributed by atoms with Crippen molar-refractivity contribution in [1.29, 1.82) is 0 Å². The van der Waals surface area contributed by atoms with E-state index in [1.165, 1.54) is 0 Å². The predicted molar refractivity (Wildman–Crippen MR) is 63.5 cm³/mol. The first kappa shape index (κ1) is 19.0. The first-order valence-electron chi connectivity index (χ1n) is 4.52. The molecule has 0 fully saturated rings. The van der Waals surface area contributed by atoms with Gasteiger partial charge in [-0.15, -0.1) is 0 Å². The smallest absolute Gasteiger partial charge is 0.0485 e. The van der Waals surface area contributed by atoms with Crippen LogP contribution in [0, 0.1) is 11.8 Å². The highest BCUT2D eigenvalue weighted by atomic mass is 79.9. The van der Waals surface area contributed by atoms with Crippen LogP contribution in [-0.2, 0) is 4.74 Å². The maximum Gasteiger partial charge on any atom is 0.0485 e. The van der Waals surface area contributed by atoms with Crippen LogP contribution in [0.25, 0.3) is 0 Å². The van der Waals surface area contributed by atoms with E-state index in [-0.39, 0.29) is 0 Å². The normalized spacial score (nSPS) is 8.77. The Morgan fingerprint density at radius 2 is 1.38 bits per heavy atom. The maximum atomic E-state index is 8.14. The summed E-state index contributed by atoms with van der Waals surface area (Å²) in [4.78, 5) is 0. The van der Waals surface area contributed by atoms with Gasteiger partial charge in [-0.1, -0.05) is 43.6 Å². The van der Waals surface area contributed by atoms with E-state index in [1.807, 2.05) is 19.7 Å². The molecule has 0 aliphatic heterocycles. The van der Waals surface area contributed by atoms with Crippen LogP contribution in [0.2, 0.25) is 0 Å². The van der Waals surface area contributed by atoms with Gasteiger partial charge in [0.25, 0.3) is 0 Å². The first-order valence-corrected chi connectivity index (χ1v) is 6.10. The van der Waals surface area contributed by atoms with E-state index in [2.05, 4.69) is 29.8 Å². The summed E-state index contributed by atoms with van der Waals surface area (Å²) in [6.45, 7) is 9.38. The lowest BCUT2D eigenvalue weighted by Crippen LogP contribution is -1.96. The molecular weight excluding hydrogens is 232 g/mol. The fraction of sp³-hybridized carbons (Fsp3) is 1.00. The molecule has 0 atom stereocenters. The average molecular weight is 257 g/mol. The van der Waals surface area contributed by atoms with Crippen molar-refractivity contribution in [2.75, 3.05) is 26.2 Å². The van der Waals surface area contributed by atoms with Crippen molar-refractivity contribution < 1.29 is 9.84 Å². The molecule has 0 aliphatic rings. The van der Waals surface area contributed by atoms with Gasteiger partial charge >= 0.3 is 0 Å². The number of hydrogen-bond acceptors (Lipinski definition) is 2. The van der Waals surface area contributed by atoms with Crippen LogP contribution in [0.5, 0.6) is 0 Å². The summed E-state index contributed by atoms with van der Waals surface area (Å²) in [6.07, 6.45) is 0. The zero-order valence-electron chi connectivity index (χ0n) is 9.80. The number of ether oxygens (including phenoxy) is 1. The van der Waals surface area contributed by atoms with Crippen LogP contribution < -0.4 is 0 Å². The lowest BCUT2D eigenvalue weighted by Gasteiger charge is -1.97. The maximum absolute atomic E-state index is 8.14. The Morgan fingerprint density at radius 3 is 1.38 bits per heavy atom. The van der Waals surface area contributed by atoms with Crippen molar-refractivity contribution in [2.45, 2.75) is 27.7 Å². The van der Waals surface area contributed by atoms with Crippen molar-refractivity contribution in [3.63, 3.8) is 0 Å². The summed E-state index contributed by atoms with van der Waals surface area (Å²) in [6, 6.07) is 0. The number of aliphatic hydroxyl groups is 1. The largest absolute Gasteiger partial charge is 0.396 e. The second-order valence-electron chi connectivity index (χ2n) is 3.43. The van der Waals surface area contributed by atoms with Crippen LogP contribution in [0.3, 0.4) is 0 Å². The monoisotopic (exact) mass is 256 g/mol. The molecule has 0 amide bonds. The molecule has 0 aliphatic carbocycles. The van der Waals surface area contributed by atoms with Gasteiger partial charge in [0.05, 0.1) is 0 Å². The van der Waals surface area contributed by atoms with Crippen molar-refractivity contribution >= 4 is 15.9 Å². The fourth-order valence-electron chi connectivity index (χ4n) is 0.333. The summed E-state index contributed by atoms with van der Waals surface area (Å²) in [5.74, 6) is 2.93. The molecular formula is C10H25BrO2. The van der Waals surface area contributed by atoms with Crippen LogP contribution >= 0.6 is 15.9 Å². The standard InChI is InChI=1S/C5H12O.C4H10O.CH3Br/c1-5(2)4-6-3;1-4(2)3-5;1-2/h5H,4H2,1-3H3;4-5H,3H2,1-2H3;1H3. The molecule has 0 aromatic rings. The number of rotatable bonds is 3. The number of aliphatic hydroxyl groups excluding tert-OH is 1. The van der Waals surface area contributed by atoms with Gasteiger partial charge in [0.1, 0.15) is 0 Å². The summed E-state index contributed by atoms with van der Waals surface area (Å²) in [7, 11) is 1.72. The molecule has 84 valence electrons. The van der Waals surface area contributed by atoms with Gasteiger partial charge in [-0.25, -0.2) is 0 Å². The van der Waals surface area contributed by atoms with Crippen LogP contribution in [0.1, 0.15) is 27.7 Å². The molecule has 0 radical (unpaired) electrons. The Morgan fingerprint density at radius 1 is 1.08 bits per heavy atom. The van der Waals surface area contributed by atoms with Crippen molar-refractivity contribution in [3.05, 3.63) is 0 Å². The quantitative estimate of drug-likeness (QED) is 0.788. The first-order chi connectivity index (χ1) is 6.04. The molecule has 0 heterocycles.